The van der Waals surface area contributed by atoms with Crippen molar-refractivity contribution in [1.82, 2.24) is 8.87 Å². The van der Waals surface area contributed by atoms with Crippen molar-refractivity contribution in [2.75, 3.05) is 47.6 Å². The molecular formula is C24H29N3O6S2. The molecule has 0 saturated heterocycles. The standard InChI is InChI=1S/C24H29N3O6S2/c1-5-12-27-21-11-8-19(33-4)17-22(21)34-24(27)25-23(28)18-6-9-20(10-7-18)35(29,30)26(13-15-31-2)14-16-32-3/h5-11,17H,1,12-16H2,2-4H3. The lowest BCUT2D eigenvalue weighted by atomic mass is 10.2. The monoisotopic (exact) mass is 519 g/mol. The van der Waals surface area contributed by atoms with Crippen LogP contribution < -0.4 is 9.54 Å². The van der Waals surface area contributed by atoms with E-state index in [4.69, 9.17) is 14.2 Å². The summed E-state index contributed by atoms with van der Waals surface area (Å²) in [6, 6.07) is 11.4. The van der Waals surface area contributed by atoms with Crippen LogP contribution in [0.15, 0.2) is 65.0 Å². The molecule has 0 atom stereocenters. The summed E-state index contributed by atoms with van der Waals surface area (Å²) >= 11 is 1.36. The second-order valence-corrected chi connectivity index (χ2v) is 10.4. The van der Waals surface area contributed by atoms with Crippen LogP contribution in [0.2, 0.25) is 0 Å². The van der Waals surface area contributed by atoms with Gasteiger partial charge in [0.1, 0.15) is 5.75 Å². The van der Waals surface area contributed by atoms with Crippen molar-refractivity contribution in [2.45, 2.75) is 11.4 Å². The van der Waals surface area contributed by atoms with Crippen LogP contribution in [0.25, 0.3) is 10.2 Å². The number of sulfonamides is 1. The van der Waals surface area contributed by atoms with E-state index in [1.54, 1.807) is 13.2 Å². The van der Waals surface area contributed by atoms with E-state index in [0.717, 1.165) is 10.2 Å². The van der Waals surface area contributed by atoms with Crippen molar-refractivity contribution in [3.63, 3.8) is 0 Å². The third-order valence-electron chi connectivity index (χ3n) is 5.23. The Balaban J connectivity index is 1.92. The molecule has 0 radical (unpaired) electrons. The van der Waals surface area contributed by atoms with Gasteiger partial charge in [0, 0.05) is 39.4 Å². The summed E-state index contributed by atoms with van der Waals surface area (Å²) in [7, 11) is 0.840. The van der Waals surface area contributed by atoms with E-state index in [0.29, 0.717) is 17.1 Å². The molecule has 35 heavy (non-hydrogen) atoms. The van der Waals surface area contributed by atoms with Crippen LogP contribution in [0, 0.1) is 0 Å². The highest BCUT2D eigenvalue weighted by molar-refractivity contribution is 7.89. The molecule has 0 N–H and O–H groups in total. The molecule has 0 spiro atoms. The normalized spacial score (nSPS) is 12.4. The minimum Gasteiger partial charge on any atom is -0.497 e. The molecule has 11 heteroatoms. The number of ether oxygens (including phenoxy) is 3. The van der Waals surface area contributed by atoms with Crippen molar-refractivity contribution in [3.8, 4) is 5.75 Å². The number of benzene rings is 2. The molecule has 0 bridgehead atoms. The van der Waals surface area contributed by atoms with E-state index in [2.05, 4.69) is 11.6 Å². The van der Waals surface area contributed by atoms with E-state index in [1.807, 2.05) is 22.8 Å². The lowest BCUT2D eigenvalue weighted by Gasteiger charge is -2.21. The highest BCUT2D eigenvalue weighted by atomic mass is 32.2. The molecule has 0 fully saturated rings. The van der Waals surface area contributed by atoms with Gasteiger partial charge in [-0.15, -0.1) is 6.58 Å². The Morgan fingerprint density at radius 1 is 1.09 bits per heavy atom. The molecule has 3 aromatic rings. The molecule has 3 rings (SSSR count). The van der Waals surface area contributed by atoms with Crippen LogP contribution in [-0.2, 0) is 26.0 Å². The van der Waals surface area contributed by atoms with Crippen LogP contribution in [0.3, 0.4) is 0 Å². The highest BCUT2D eigenvalue weighted by Gasteiger charge is 2.24. The Morgan fingerprint density at radius 3 is 2.31 bits per heavy atom. The minimum absolute atomic E-state index is 0.0805. The lowest BCUT2D eigenvalue weighted by Crippen LogP contribution is -2.36. The zero-order valence-electron chi connectivity index (χ0n) is 20.0. The number of nitrogens with zero attached hydrogens (tertiary/aromatic N) is 3. The van der Waals surface area contributed by atoms with Crippen LogP contribution >= 0.6 is 11.3 Å². The zero-order chi connectivity index (χ0) is 25.4. The first-order valence-electron chi connectivity index (χ1n) is 10.8. The number of carbonyl (C=O) groups excluding carboxylic acids is 1. The number of hydrogen-bond donors (Lipinski definition) is 0. The minimum atomic E-state index is -3.78. The van der Waals surface area contributed by atoms with Gasteiger partial charge < -0.3 is 18.8 Å². The predicted octanol–water partition coefficient (Wildman–Crippen LogP) is 2.92. The van der Waals surface area contributed by atoms with Gasteiger partial charge in [-0.2, -0.15) is 9.30 Å². The molecule has 1 heterocycles. The smallest absolute Gasteiger partial charge is 0.279 e. The second kappa shape index (κ2) is 12.2. The van der Waals surface area contributed by atoms with Crippen molar-refractivity contribution in [1.29, 1.82) is 0 Å². The predicted molar refractivity (Wildman–Crippen MR) is 135 cm³/mol. The Hall–Kier alpha value is -2.83. The molecule has 1 amide bonds. The number of aromatic nitrogens is 1. The number of rotatable bonds is 12. The molecule has 9 nitrogen and oxygen atoms in total. The third kappa shape index (κ3) is 6.24. The summed E-state index contributed by atoms with van der Waals surface area (Å²) in [4.78, 5) is 17.8. The van der Waals surface area contributed by atoms with Gasteiger partial charge in [-0.3, -0.25) is 4.79 Å². The zero-order valence-corrected chi connectivity index (χ0v) is 21.6. The molecule has 0 aliphatic carbocycles. The van der Waals surface area contributed by atoms with Crippen molar-refractivity contribution >= 4 is 37.5 Å². The maximum Gasteiger partial charge on any atom is 0.279 e. The lowest BCUT2D eigenvalue weighted by molar-refractivity contribution is 0.0997. The second-order valence-electron chi connectivity index (χ2n) is 7.45. The molecule has 0 aliphatic rings. The number of hydrogen-bond acceptors (Lipinski definition) is 7. The van der Waals surface area contributed by atoms with Crippen molar-refractivity contribution in [2.24, 2.45) is 4.99 Å². The van der Waals surface area contributed by atoms with Gasteiger partial charge in [0.15, 0.2) is 4.80 Å². The number of thiazole rings is 1. The maximum atomic E-state index is 13.1. The molecule has 0 aliphatic heterocycles. The Labute approximate surface area is 208 Å². The van der Waals surface area contributed by atoms with E-state index in [-0.39, 0.29) is 36.8 Å². The largest absolute Gasteiger partial charge is 0.497 e. The third-order valence-corrected chi connectivity index (χ3v) is 8.18. The van der Waals surface area contributed by atoms with Gasteiger partial charge in [0.2, 0.25) is 10.0 Å². The van der Waals surface area contributed by atoms with Gasteiger partial charge >= 0.3 is 0 Å². The van der Waals surface area contributed by atoms with Gasteiger partial charge in [-0.25, -0.2) is 8.42 Å². The number of fused-ring (bicyclic) bond motifs is 1. The summed E-state index contributed by atoms with van der Waals surface area (Å²) in [5.41, 5.74) is 1.19. The summed E-state index contributed by atoms with van der Waals surface area (Å²) < 4.78 is 45.6. The first-order valence-corrected chi connectivity index (χ1v) is 13.1. The van der Waals surface area contributed by atoms with E-state index in [1.165, 1.54) is 54.1 Å². The number of allylic oxidation sites excluding steroid dienone is 1. The fourth-order valence-corrected chi connectivity index (χ4v) is 5.85. The van der Waals surface area contributed by atoms with E-state index < -0.39 is 15.9 Å². The first-order chi connectivity index (χ1) is 16.8. The number of methoxy groups -OCH3 is 3. The SMILES string of the molecule is C=CCn1c(=NC(=O)c2ccc(S(=O)(=O)N(CCOC)CCOC)cc2)sc2cc(OC)ccc21. The molecule has 0 unspecified atom stereocenters. The fraction of sp³-hybridized carbons (Fsp3) is 0.333. The molecular weight excluding hydrogens is 490 g/mol. The Bertz CT molecular complexity index is 1340. The quantitative estimate of drug-likeness (QED) is 0.341. The van der Waals surface area contributed by atoms with E-state index >= 15 is 0 Å². The highest BCUT2D eigenvalue weighted by Crippen LogP contribution is 2.23. The van der Waals surface area contributed by atoms with Crippen LogP contribution in [0.4, 0.5) is 0 Å². The van der Waals surface area contributed by atoms with Gasteiger partial charge in [0.05, 0.1) is 35.4 Å². The number of carbonyl (C=O) groups is 1. The van der Waals surface area contributed by atoms with E-state index in [9.17, 15) is 13.2 Å². The van der Waals surface area contributed by atoms with Crippen LogP contribution in [0.5, 0.6) is 5.75 Å². The Morgan fingerprint density at radius 2 is 1.74 bits per heavy atom. The summed E-state index contributed by atoms with van der Waals surface area (Å²) in [6.45, 7) is 5.17. The summed E-state index contributed by atoms with van der Waals surface area (Å²) in [5.74, 6) is 0.241. The van der Waals surface area contributed by atoms with Crippen molar-refractivity contribution in [3.05, 3.63) is 65.5 Å². The topological polar surface area (TPSA) is 99.4 Å². The summed E-state index contributed by atoms with van der Waals surface area (Å²) in [6.07, 6.45) is 1.73. The van der Waals surface area contributed by atoms with Crippen LogP contribution in [-0.4, -0.2) is 70.8 Å². The Kier molecular flexibility index (Phi) is 9.35. The summed E-state index contributed by atoms with van der Waals surface area (Å²) in [5, 5.41) is 0. The molecule has 1 aromatic heterocycles. The maximum absolute atomic E-state index is 13.1. The van der Waals surface area contributed by atoms with Crippen molar-refractivity contribution < 1.29 is 27.4 Å². The average Bonchev–Trinajstić information content (AvgIpc) is 3.20. The molecule has 188 valence electrons. The molecule has 2 aromatic carbocycles. The van der Waals surface area contributed by atoms with Gasteiger partial charge in [-0.05, 0) is 42.5 Å². The fourth-order valence-electron chi connectivity index (χ4n) is 3.38. The molecule has 0 saturated carbocycles. The van der Waals surface area contributed by atoms with Gasteiger partial charge in [-0.1, -0.05) is 17.4 Å². The van der Waals surface area contributed by atoms with Gasteiger partial charge in [0.25, 0.3) is 5.91 Å². The number of amides is 1. The van der Waals surface area contributed by atoms with Crippen LogP contribution in [0.1, 0.15) is 10.4 Å². The average molecular weight is 520 g/mol. The first kappa shape index (κ1) is 26.8.